The van der Waals surface area contributed by atoms with Crippen molar-refractivity contribution in [3.05, 3.63) is 42.0 Å². The van der Waals surface area contributed by atoms with Crippen molar-refractivity contribution in [2.24, 2.45) is 17.8 Å². The number of carbonyl (C=O) groups is 2. The van der Waals surface area contributed by atoms with Crippen molar-refractivity contribution in [2.75, 3.05) is 12.0 Å². The van der Waals surface area contributed by atoms with Gasteiger partial charge in [-0.2, -0.15) is 0 Å². The molecule has 2 amide bonds. The molecule has 3 aliphatic rings. The van der Waals surface area contributed by atoms with Gasteiger partial charge in [0.05, 0.1) is 23.6 Å². The molecular weight excluding hydrogens is 290 g/mol. The number of para-hydroxylation sites is 1. The van der Waals surface area contributed by atoms with Gasteiger partial charge in [0.15, 0.2) is 0 Å². The van der Waals surface area contributed by atoms with Gasteiger partial charge in [0.1, 0.15) is 0 Å². The molecule has 0 N–H and O–H groups in total. The summed E-state index contributed by atoms with van der Waals surface area (Å²) in [5.41, 5.74) is 2.02. The third kappa shape index (κ3) is 2.24. The summed E-state index contributed by atoms with van der Waals surface area (Å²) >= 11 is 0. The van der Waals surface area contributed by atoms with E-state index >= 15 is 0 Å². The molecule has 0 bridgehead atoms. The molecule has 1 aliphatic heterocycles. The van der Waals surface area contributed by atoms with Crippen LogP contribution in [0.15, 0.2) is 42.0 Å². The van der Waals surface area contributed by atoms with Crippen LogP contribution in [0, 0.1) is 17.8 Å². The minimum absolute atomic E-state index is 0.0160. The number of allylic oxidation sites excluding steroid dienone is 1. The van der Waals surface area contributed by atoms with E-state index in [-0.39, 0.29) is 35.7 Å². The molecule has 4 rings (SSSR count). The zero-order chi connectivity index (χ0) is 16.0. The van der Waals surface area contributed by atoms with E-state index in [4.69, 9.17) is 4.74 Å². The van der Waals surface area contributed by atoms with E-state index in [0.29, 0.717) is 12.1 Å². The van der Waals surface area contributed by atoms with Gasteiger partial charge < -0.3 is 4.74 Å². The number of methoxy groups -OCH3 is 1. The number of rotatable bonds is 2. The van der Waals surface area contributed by atoms with Gasteiger partial charge in [-0.1, -0.05) is 29.8 Å². The summed E-state index contributed by atoms with van der Waals surface area (Å²) in [7, 11) is 1.75. The van der Waals surface area contributed by atoms with Crippen molar-refractivity contribution in [1.29, 1.82) is 0 Å². The summed E-state index contributed by atoms with van der Waals surface area (Å²) in [5.74, 6) is -0.200. The molecule has 0 aromatic heterocycles. The van der Waals surface area contributed by atoms with Crippen LogP contribution in [0.4, 0.5) is 5.69 Å². The highest BCUT2D eigenvalue weighted by Crippen LogP contribution is 2.48. The minimum atomic E-state index is -0.185. The monoisotopic (exact) mass is 311 g/mol. The maximum atomic E-state index is 13.0. The maximum Gasteiger partial charge on any atom is 0.238 e. The molecule has 120 valence electrons. The van der Waals surface area contributed by atoms with Gasteiger partial charge in [-0.15, -0.1) is 0 Å². The van der Waals surface area contributed by atoms with Crippen LogP contribution in [0.2, 0.25) is 0 Å². The average Bonchev–Trinajstić information content (AvgIpc) is 2.86. The summed E-state index contributed by atoms with van der Waals surface area (Å²) in [6.07, 6.45) is 5.93. The predicted octanol–water partition coefficient (Wildman–Crippen LogP) is 2.94. The van der Waals surface area contributed by atoms with Gasteiger partial charge in [-0.25, -0.2) is 0 Å². The summed E-state index contributed by atoms with van der Waals surface area (Å²) in [6.45, 7) is 0. The zero-order valence-electron chi connectivity index (χ0n) is 13.3. The summed E-state index contributed by atoms with van der Waals surface area (Å²) in [5, 5.41) is 0. The maximum absolute atomic E-state index is 13.0. The lowest BCUT2D eigenvalue weighted by Gasteiger charge is -2.37. The lowest BCUT2D eigenvalue weighted by atomic mass is 9.67. The SMILES string of the molecule is CO[C@H]1CC[C@@H]2C(=CC[C@@H]3C(=O)N(c4ccccc4)C(=O)[C@@H]32)C1. The lowest BCUT2D eigenvalue weighted by molar-refractivity contribution is -0.123. The smallest absolute Gasteiger partial charge is 0.238 e. The molecular formula is C19H21NO3. The van der Waals surface area contributed by atoms with Gasteiger partial charge in [-0.05, 0) is 43.7 Å². The van der Waals surface area contributed by atoms with Crippen LogP contribution in [0.1, 0.15) is 25.7 Å². The van der Waals surface area contributed by atoms with E-state index in [9.17, 15) is 9.59 Å². The van der Waals surface area contributed by atoms with Crippen molar-refractivity contribution in [3.63, 3.8) is 0 Å². The first-order chi connectivity index (χ1) is 11.2. The molecule has 0 spiro atoms. The molecule has 1 aromatic carbocycles. The molecule has 0 radical (unpaired) electrons. The normalized spacial score (nSPS) is 33.3. The van der Waals surface area contributed by atoms with Crippen LogP contribution in [-0.4, -0.2) is 25.0 Å². The number of hydrogen-bond donors (Lipinski definition) is 0. The number of carbonyl (C=O) groups excluding carboxylic acids is 2. The molecule has 4 atom stereocenters. The molecule has 1 saturated carbocycles. The first-order valence-electron chi connectivity index (χ1n) is 8.35. The average molecular weight is 311 g/mol. The Kier molecular flexibility index (Phi) is 3.57. The van der Waals surface area contributed by atoms with E-state index in [1.807, 2.05) is 30.3 Å². The van der Waals surface area contributed by atoms with Gasteiger partial charge in [0.25, 0.3) is 0 Å². The molecule has 2 aliphatic carbocycles. The quantitative estimate of drug-likeness (QED) is 0.623. The Balaban J connectivity index is 1.65. The molecule has 4 nitrogen and oxygen atoms in total. The van der Waals surface area contributed by atoms with Crippen molar-refractivity contribution in [2.45, 2.75) is 31.8 Å². The number of anilines is 1. The second kappa shape index (κ2) is 5.60. The summed E-state index contributed by atoms with van der Waals surface area (Å²) in [6, 6.07) is 9.30. The first-order valence-corrected chi connectivity index (χ1v) is 8.35. The van der Waals surface area contributed by atoms with E-state index in [0.717, 1.165) is 19.3 Å². The fraction of sp³-hybridized carbons (Fsp3) is 0.474. The number of benzene rings is 1. The van der Waals surface area contributed by atoms with E-state index < -0.39 is 0 Å². The second-order valence-corrected chi connectivity index (χ2v) is 6.74. The molecule has 1 heterocycles. The fourth-order valence-corrected chi connectivity index (χ4v) is 4.47. The number of imide groups is 1. The van der Waals surface area contributed by atoms with E-state index in [1.165, 1.54) is 10.5 Å². The van der Waals surface area contributed by atoms with Crippen molar-refractivity contribution >= 4 is 17.5 Å². The number of nitrogens with zero attached hydrogens (tertiary/aromatic N) is 1. The molecule has 2 fully saturated rings. The number of amides is 2. The standard InChI is InChI=1S/C19H21NO3/c1-23-14-8-10-15-12(11-14)7-9-16-17(15)19(22)20(18(16)21)13-5-3-2-4-6-13/h2-7,14-17H,8-11H2,1H3/t14-,15+,16-,17+/m0/s1. The Morgan fingerprint density at radius 2 is 1.83 bits per heavy atom. The fourth-order valence-electron chi connectivity index (χ4n) is 4.47. The summed E-state index contributed by atoms with van der Waals surface area (Å²) in [4.78, 5) is 27.2. The topological polar surface area (TPSA) is 46.6 Å². The van der Waals surface area contributed by atoms with Gasteiger partial charge in [-0.3, -0.25) is 14.5 Å². The number of fused-ring (bicyclic) bond motifs is 3. The molecule has 0 unspecified atom stereocenters. The highest BCUT2D eigenvalue weighted by atomic mass is 16.5. The highest BCUT2D eigenvalue weighted by molar-refractivity contribution is 6.22. The molecule has 1 saturated heterocycles. The zero-order valence-corrected chi connectivity index (χ0v) is 13.3. The van der Waals surface area contributed by atoms with Crippen molar-refractivity contribution < 1.29 is 14.3 Å². The van der Waals surface area contributed by atoms with Crippen molar-refractivity contribution in [1.82, 2.24) is 0 Å². The Morgan fingerprint density at radius 3 is 2.57 bits per heavy atom. The van der Waals surface area contributed by atoms with Gasteiger partial charge in [0.2, 0.25) is 11.8 Å². The van der Waals surface area contributed by atoms with Crippen LogP contribution in [0.3, 0.4) is 0 Å². The number of ether oxygens (including phenoxy) is 1. The predicted molar refractivity (Wildman–Crippen MR) is 86.8 cm³/mol. The van der Waals surface area contributed by atoms with Gasteiger partial charge >= 0.3 is 0 Å². The minimum Gasteiger partial charge on any atom is -0.381 e. The van der Waals surface area contributed by atoms with Gasteiger partial charge in [0, 0.05) is 7.11 Å². The lowest BCUT2D eigenvalue weighted by Crippen LogP contribution is -2.36. The van der Waals surface area contributed by atoms with Crippen LogP contribution >= 0.6 is 0 Å². The first kappa shape index (κ1) is 14.6. The number of hydrogen-bond acceptors (Lipinski definition) is 3. The Labute approximate surface area is 136 Å². The molecule has 23 heavy (non-hydrogen) atoms. The van der Waals surface area contributed by atoms with Crippen LogP contribution in [-0.2, 0) is 14.3 Å². The highest BCUT2D eigenvalue weighted by Gasteiger charge is 2.53. The van der Waals surface area contributed by atoms with E-state index in [1.54, 1.807) is 7.11 Å². The third-order valence-corrected chi connectivity index (χ3v) is 5.63. The third-order valence-electron chi connectivity index (χ3n) is 5.63. The summed E-state index contributed by atoms with van der Waals surface area (Å²) < 4.78 is 5.49. The van der Waals surface area contributed by atoms with Crippen LogP contribution in [0.5, 0.6) is 0 Å². The molecule has 1 aromatic rings. The Hall–Kier alpha value is -1.94. The molecule has 4 heteroatoms. The van der Waals surface area contributed by atoms with Crippen molar-refractivity contribution in [3.8, 4) is 0 Å². The largest absolute Gasteiger partial charge is 0.381 e. The van der Waals surface area contributed by atoms with Crippen LogP contribution in [0.25, 0.3) is 0 Å². The van der Waals surface area contributed by atoms with Crippen LogP contribution < -0.4 is 4.90 Å². The Morgan fingerprint density at radius 1 is 1.04 bits per heavy atom. The second-order valence-electron chi connectivity index (χ2n) is 6.74. The van der Waals surface area contributed by atoms with E-state index in [2.05, 4.69) is 6.08 Å². The Bertz CT molecular complexity index is 666.